The predicted octanol–water partition coefficient (Wildman–Crippen LogP) is 2.37. The molecule has 70 valence electrons. The first-order chi connectivity index (χ1) is 6.33. The third-order valence-corrected chi connectivity index (χ3v) is 1.83. The summed E-state index contributed by atoms with van der Waals surface area (Å²) in [6.45, 7) is 2.65. The van der Waals surface area contributed by atoms with E-state index in [1.54, 1.807) is 0 Å². The highest BCUT2D eigenvalue weighted by Gasteiger charge is 1.90. The molecule has 0 radical (unpaired) electrons. The predicted molar refractivity (Wildman–Crippen MR) is 54.8 cm³/mol. The summed E-state index contributed by atoms with van der Waals surface area (Å²) in [5.41, 5.74) is 2.49. The Bertz CT molecular complexity index is 267. The molecule has 2 heteroatoms. The summed E-state index contributed by atoms with van der Waals surface area (Å²) in [6.07, 6.45) is 3.02. The Morgan fingerprint density at radius 2 is 2.08 bits per heavy atom. The molecular formula is C11H15NO. The minimum absolute atomic E-state index is 0.579. The standard InChI is InChI=1S/C11H15NO/c1-10(7-8-13-12)9-11-5-3-2-4-6-11/h2-6,9H,7-8,12H2,1H3/b10-9+. The van der Waals surface area contributed by atoms with Crippen LogP contribution in [-0.2, 0) is 4.84 Å². The van der Waals surface area contributed by atoms with E-state index in [4.69, 9.17) is 5.90 Å². The van der Waals surface area contributed by atoms with Gasteiger partial charge < -0.3 is 4.84 Å². The second-order valence-electron chi connectivity index (χ2n) is 3.02. The van der Waals surface area contributed by atoms with Gasteiger partial charge >= 0.3 is 0 Å². The molecule has 0 aromatic heterocycles. The maximum absolute atomic E-state index is 4.94. The first kappa shape index (κ1) is 9.96. The molecule has 0 aliphatic rings. The van der Waals surface area contributed by atoms with Crippen molar-refractivity contribution in [2.24, 2.45) is 5.90 Å². The van der Waals surface area contributed by atoms with E-state index >= 15 is 0 Å². The van der Waals surface area contributed by atoms with Gasteiger partial charge in [-0.15, -0.1) is 0 Å². The van der Waals surface area contributed by atoms with E-state index in [-0.39, 0.29) is 0 Å². The summed E-state index contributed by atoms with van der Waals surface area (Å²) < 4.78 is 0. The fourth-order valence-corrected chi connectivity index (χ4v) is 1.13. The number of hydrogen-bond acceptors (Lipinski definition) is 2. The third-order valence-electron chi connectivity index (χ3n) is 1.83. The van der Waals surface area contributed by atoms with Crippen LogP contribution in [0.1, 0.15) is 18.9 Å². The molecule has 1 rings (SSSR count). The number of nitrogens with two attached hydrogens (primary N) is 1. The lowest BCUT2D eigenvalue weighted by molar-refractivity contribution is 0.141. The van der Waals surface area contributed by atoms with E-state index in [1.807, 2.05) is 18.2 Å². The highest BCUT2D eigenvalue weighted by atomic mass is 16.6. The summed E-state index contributed by atoms with van der Waals surface area (Å²) >= 11 is 0. The molecule has 0 atom stereocenters. The second kappa shape index (κ2) is 5.51. The number of hydrogen-bond donors (Lipinski definition) is 1. The molecule has 0 bridgehead atoms. The van der Waals surface area contributed by atoms with E-state index in [0.29, 0.717) is 6.61 Å². The second-order valence-corrected chi connectivity index (χ2v) is 3.02. The molecular weight excluding hydrogens is 162 g/mol. The summed E-state index contributed by atoms with van der Waals surface area (Å²) in [5.74, 6) is 4.94. The van der Waals surface area contributed by atoms with Crippen molar-refractivity contribution >= 4 is 6.08 Å². The van der Waals surface area contributed by atoms with Gasteiger partial charge in [0.1, 0.15) is 0 Å². The van der Waals surface area contributed by atoms with Gasteiger partial charge in [-0.2, -0.15) is 0 Å². The van der Waals surface area contributed by atoms with Crippen molar-refractivity contribution in [3.8, 4) is 0 Å². The van der Waals surface area contributed by atoms with Crippen LogP contribution in [0.25, 0.3) is 6.08 Å². The van der Waals surface area contributed by atoms with E-state index in [1.165, 1.54) is 11.1 Å². The monoisotopic (exact) mass is 177 g/mol. The highest BCUT2D eigenvalue weighted by Crippen LogP contribution is 2.08. The Morgan fingerprint density at radius 1 is 1.38 bits per heavy atom. The lowest BCUT2D eigenvalue weighted by atomic mass is 10.1. The van der Waals surface area contributed by atoms with E-state index in [2.05, 4.69) is 30.0 Å². The molecule has 13 heavy (non-hydrogen) atoms. The van der Waals surface area contributed by atoms with Crippen LogP contribution in [0.3, 0.4) is 0 Å². The minimum atomic E-state index is 0.579. The SMILES string of the molecule is C/C(=C\c1ccccc1)CCON. The maximum Gasteiger partial charge on any atom is 0.0716 e. The van der Waals surface area contributed by atoms with Crippen LogP contribution in [0.2, 0.25) is 0 Å². The third kappa shape index (κ3) is 3.87. The molecule has 0 heterocycles. The van der Waals surface area contributed by atoms with Crippen LogP contribution in [0.5, 0.6) is 0 Å². The van der Waals surface area contributed by atoms with Crippen LogP contribution < -0.4 is 5.90 Å². The molecule has 1 aromatic rings. The normalized spacial score (nSPS) is 11.7. The number of benzene rings is 1. The Kier molecular flexibility index (Phi) is 4.23. The molecule has 0 spiro atoms. The van der Waals surface area contributed by atoms with Gasteiger partial charge in [-0.05, 0) is 18.9 Å². The molecule has 2 N–H and O–H groups in total. The average Bonchev–Trinajstić information content (AvgIpc) is 2.16. The number of rotatable bonds is 4. The van der Waals surface area contributed by atoms with Crippen LogP contribution in [0.4, 0.5) is 0 Å². The lowest BCUT2D eigenvalue weighted by Gasteiger charge is -1.99. The lowest BCUT2D eigenvalue weighted by Crippen LogP contribution is -2.00. The Hall–Kier alpha value is -1.12. The smallest absolute Gasteiger partial charge is 0.0716 e. The molecule has 0 saturated heterocycles. The summed E-state index contributed by atoms with van der Waals surface area (Å²) in [6, 6.07) is 10.2. The topological polar surface area (TPSA) is 35.2 Å². The Balaban J connectivity index is 2.55. The van der Waals surface area contributed by atoms with Crippen molar-refractivity contribution in [1.29, 1.82) is 0 Å². The van der Waals surface area contributed by atoms with Crippen molar-refractivity contribution < 1.29 is 4.84 Å². The summed E-state index contributed by atoms with van der Waals surface area (Å²) in [7, 11) is 0. The molecule has 0 aliphatic carbocycles. The van der Waals surface area contributed by atoms with Crippen LogP contribution in [0.15, 0.2) is 35.9 Å². The van der Waals surface area contributed by atoms with Crippen LogP contribution in [0, 0.1) is 0 Å². The summed E-state index contributed by atoms with van der Waals surface area (Å²) in [5, 5.41) is 0. The van der Waals surface area contributed by atoms with Gasteiger partial charge in [-0.25, -0.2) is 5.90 Å². The zero-order valence-electron chi connectivity index (χ0n) is 7.86. The largest absolute Gasteiger partial charge is 0.304 e. The van der Waals surface area contributed by atoms with Crippen LogP contribution >= 0.6 is 0 Å². The zero-order valence-corrected chi connectivity index (χ0v) is 7.86. The highest BCUT2D eigenvalue weighted by molar-refractivity contribution is 5.51. The van der Waals surface area contributed by atoms with Crippen molar-refractivity contribution in [1.82, 2.24) is 0 Å². The van der Waals surface area contributed by atoms with Gasteiger partial charge in [-0.1, -0.05) is 42.0 Å². The first-order valence-electron chi connectivity index (χ1n) is 4.37. The van der Waals surface area contributed by atoms with E-state index in [9.17, 15) is 0 Å². The first-order valence-corrected chi connectivity index (χ1v) is 4.37. The maximum atomic E-state index is 4.94. The van der Waals surface area contributed by atoms with Gasteiger partial charge in [0.15, 0.2) is 0 Å². The Morgan fingerprint density at radius 3 is 2.69 bits per heavy atom. The van der Waals surface area contributed by atoms with Crippen molar-refractivity contribution in [3.63, 3.8) is 0 Å². The van der Waals surface area contributed by atoms with Crippen molar-refractivity contribution in [2.45, 2.75) is 13.3 Å². The molecule has 0 fully saturated rings. The van der Waals surface area contributed by atoms with E-state index in [0.717, 1.165) is 6.42 Å². The molecule has 0 amide bonds. The Labute approximate surface area is 79.0 Å². The van der Waals surface area contributed by atoms with E-state index < -0.39 is 0 Å². The van der Waals surface area contributed by atoms with Gasteiger partial charge in [0.25, 0.3) is 0 Å². The zero-order chi connectivity index (χ0) is 9.52. The van der Waals surface area contributed by atoms with Crippen molar-refractivity contribution in [2.75, 3.05) is 6.61 Å². The quantitative estimate of drug-likeness (QED) is 0.716. The summed E-state index contributed by atoms with van der Waals surface area (Å²) in [4.78, 5) is 4.51. The fourth-order valence-electron chi connectivity index (χ4n) is 1.13. The molecule has 0 aliphatic heterocycles. The minimum Gasteiger partial charge on any atom is -0.304 e. The van der Waals surface area contributed by atoms with Crippen LogP contribution in [-0.4, -0.2) is 6.61 Å². The molecule has 1 aromatic carbocycles. The van der Waals surface area contributed by atoms with Gasteiger partial charge in [0, 0.05) is 0 Å². The molecule has 0 unspecified atom stereocenters. The fraction of sp³-hybridized carbons (Fsp3) is 0.273. The molecule has 0 saturated carbocycles. The average molecular weight is 177 g/mol. The van der Waals surface area contributed by atoms with Gasteiger partial charge in [0.05, 0.1) is 6.61 Å². The molecule has 2 nitrogen and oxygen atoms in total. The van der Waals surface area contributed by atoms with Gasteiger partial charge in [0.2, 0.25) is 0 Å². The van der Waals surface area contributed by atoms with Gasteiger partial charge in [-0.3, -0.25) is 0 Å². The van der Waals surface area contributed by atoms with Crippen molar-refractivity contribution in [3.05, 3.63) is 41.5 Å².